The third-order valence-electron chi connectivity index (χ3n) is 1.11. The minimum Gasteiger partial charge on any atom is -0.378 e. The molecule has 51 valence electrons. The van der Waals surface area contributed by atoms with Crippen LogP contribution in [-0.4, -0.2) is 12.8 Å². The van der Waals surface area contributed by atoms with Crippen LogP contribution in [0, 0.1) is 6.07 Å². The summed E-state index contributed by atoms with van der Waals surface area (Å²) in [4.78, 5) is 9.91. The van der Waals surface area contributed by atoms with E-state index in [2.05, 4.69) is 11.4 Å². The minimum absolute atomic E-state index is 0.365. The lowest BCUT2D eigenvalue weighted by Crippen LogP contribution is -2.00. The van der Waals surface area contributed by atoms with Gasteiger partial charge in [0, 0.05) is 5.69 Å². The largest absolute Gasteiger partial charge is 0.378 e. The van der Waals surface area contributed by atoms with Crippen molar-refractivity contribution in [3.05, 3.63) is 30.3 Å². The van der Waals surface area contributed by atoms with Gasteiger partial charge in [-0.3, -0.25) is 0 Å². The lowest BCUT2D eigenvalue weighted by molar-refractivity contribution is -0.106. The fourth-order valence-corrected chi connectivity index (χ4v) is 0.664. The Morgan fingerprint density at radius 1 is 1.50 bits per heavy atom. The van der Waals surface area contributed by atoms with E-state index in [1.54, 1.807) is 12.1 Å². The van der Waals surface area contributed by atoms with Crippen LogP contribution in [0.15, 0.2) is 24.3 Å². The highest BCUT2D eigenvalue weighted by atomic mass is 16.1. The van der Waals surface area contributed by atoms with Crippen molar-refractivity contribution >= 4 is 12.0 Å². The maximum Gasteiger partial charge on any atom is 0.139 e. The number of aldehydes is 1. The smallest absolute Gasteiger partial charge is 0.139 e. The standard InChI is InChI=1S/C8H8NO/c10-7-6-9-8-4-2-1-3-5-8/h2-5,7,9H,6H2. The third kappa shape index (κ3) is 1.90. The van der Waals surface area contributed by atoms with Crippen LogP contribution in [0.25, 0.3) is 0 Å². The molecule has 0 amide bonds. The van der Waals surface area contributed by atoms with E-state index in [9.17, 15) is 4.79 Å². The van der Waals surface area contributed by atoms with E-state index in [0.717, 1.165) is 12.0 Å². The molecule has 1 aromatic rings. The number of anilines is 1. The molecule has 0 saturated carbocycles. The van der Waals surface area contributed by atoms with Gasteiger partial charge in [0.25, 0.3) is 0 Å². The van der Waals surface area contributed by atoms with Gasteiger partial charge < -0.3 is 10.1 Å². The van der Waals surface area contributed by atoms with Crippen molar-refractivity contribution in [2.45, 2.75) is 0 Å². The lowest BCUT2D eigenvalue weighted by Gasteiger charge is -1.98. The summed E-state index contributed by atoms with van der Waals surface area (Å²) in [6, 6.07) is 10.2. The second kappa shape index (κ2) is 3.67. The van der Waals surface area contributed by atoms with Gasteiger partial charge in [0.2, 0.25) is 0 Å². The molecule has 1 radical (unpaired) electrons. The SMILES string of the molecule is O=CCNc1cc[c]cc1. The Morgan fingerprint density at radius 2 is 2.20 bits per heavy atom. The Bertz CT molecular complexity index is 196. The van der Waals surface area contributed by atoms with Crippen molar-refractivity contribution in [3.63, 3.8) is 0 Å². The zero-order valence-electron chi connectivity index (χ0n) is 5.50. The normalized spacial score (nSPS) is 8.80. The van der Waals surface area contributed by atoms with Crippen molar-refractivity contribution in [2.24, 2.45) is 0 Å². The van der Waals surface area contributed by atoms with Crippen molar-refractivity contribution in [3.8, 4) is 0 Å². The summed E-state index contributed by atoms with van der Waals surface area (Å²) < 4.78 is 0. The number of nitrogens with one attached hydrogen (secondary N) is 1. The quantitative estimate of drug-likeness (QED) is 0.627. The summed E-state index contributed by atoms with van der Waals surface area (Å²) in [5, 5.41) is 2.91. The van der Waals surface area contributed by atoms with Crippen LogP contribution in [0.5, 0.6) is 0 Å². The van der Waals surface area contributed by atoms with Gasteiger partial charge in [-0.1, -0.05) is 12.1 Å². The number of carbonyl (C=O) groups is 1. The molecule has 0 aliphatic rings. The maximum absolute atomic E-state index is 9.91. The van der Waals surface area contributed by atoms with E-state index < -0.39 is 0 Å². The molecule has 10 heavy (non-hydrogen) atoms. The van der Waals surface area contributed by atoms with Crippen LogP contribution in [0.4, 0.5) is 5.69 Å². The maximum atomic E-state index is 9.91. The van der Waals surface area contributed by atoms with E-state index in [0.29, 0.717) is 6.54 Å². The highest BCUT2D eigenvalue weighted by Crippen LogP contribution is 2.02. The molecule has 0 atom stereocenters. The predicted octanol–water partition coefficient (Wildman–Crippen LogP) is 1.10. The van der Waals surface area contributed by atoms with Crippen molar-refractivity contribution < 1.29 is 4.79 Å². The molecule has 1 rings (SSSR count). The first kappa shape index (κ1) is 6.81. The predicted molar refractivity (Wildman–Crippen MR) is 39.8 cm³/mol. The van der Waals surface area contributed by atoms with E-state index >= 15 is 0 Å². The van der Waals surface area contributed by atoms with E-state index in [1.165, 1.54) is 0 Å². The summed E-state index contributed by atoms with van der Waals surface area (Å²) >= 11 is 0. The van der Waals surface area contributed by atoms with Crippen molar-refractivity contribution in [1.29, 1.82) is 0 Å². The lowest BCUT2D eigenvalue weighted by atomic mass is 10.3. The van der Waals surface area contributed by atoms with Crippen LogP contribution < -0.4 is 5.32 Å². The average Bonchev–Trinajstić information content (AvgIpc) is 2.03. The zero-order chi connectivity index (χ0) is 7.23. The molecule has 0 spiro atoms. The van der Waals surface area contributed by atoms with Gasteiger partial charge in [-0.2, -0.15) is 0 Å². The molecule has 0 aromatic heterocycles. The molecule has 0 aliphatic carbocycles. The van der Waals surface area contributed by atoms with E-state index in [-0.39, 0.29) is 0 Å². The van der Waals surface area contributed by atoms with Crippen LogP contribution in [-0.2, 0) is 4.79 Å². The number of benzene rings is 1. The topological polar surface area (TPSA) is 29.1 Å². The molecule has 2 nitrogen and oxygen atoms in total. The molecule has 0 saturated heterocycles. The number of hydrogen-bond donors (Lipinski definition) is 1. The summed E-state index contributed by atoms with van der Waals surface area (Å²) in [6.07, 6.45) is 0.830. The summed E-state index contributed by atoms with van der Waals surface area (Å²) in [7, 11) is 0. The first-order valence-corrected chi connectivity index (χ1v) is 3.07. The first-order valence-electron chi connectivity index (χ1n) is 3.07. The van der Waals surface area contributed by atoms with Crippen LogP contribution >= 0.6 is 0 Å². The van der Waals surface area contributed by atoms with Gasteiger partial charge >= 0.3 is 0 Å². The number of hydrogen-bond acceptors (Lipinski definition) is 2. The highest BCUT2D eigenvalue weighted by Gasteiger charge is 1.84. The summed E-state index contributed by atoms with van der Waals surface area (Å²) in [5.41, 5.74) is 0.950. The van der Waals surface area contributed by atoms with E-state index in [4.69, 9.17) is 0 Å². The molecular formula is C8H8NO. The van der Waals surface area contributed by atoms with Crippen molar-refractivity contribution in [1.82, 2.24) is 0 Å². The molecule has 0 bridgehead atoms. The molecule has 0 aliphatic heterocycles. The third-order valence-corrected chi connectivity index (χ3v) is 1.11. The first-order chi connectivity index (χ1) is 4.93. The summed E-state index contributed by atoms with van der Waals surface area (Å²) in [5.74, 6) is 0. The molecule has 0 unspecified atom stereocenters. The minimum atomic E-state index is 0.365. The van der Waals surface area contributed by atoms with Gasteiger partial charge in [-0.25, -0.2) is 0 Å². The average molecular weight is 134 g/mol. The second-order valence-corrected chi connectivity index (χ2v) is 1.84. The Morgan fingerprint density at radius 3 is 2.80 bits per heavy atom. The highest BCUT2D eigenvalue weighted by molar-refractivity contribution is 5.58. The van der Waals surface area contributed by atoms with Gasteiger partial charge in [0.05, 0.1) is 6.54 Å². The molecule has 0 fully saturated rings. The Kier molecular flexibility index (Phi) is 2.49. The van der Waals surface area contributed by atoms with Gasteiger partial charge in [-0.05, 0) is 18.2 Å². The fraction of sp³-hybridized carbons (Fsp3) is 0.125. The Labute approximate surface area is 59.9 Å². The van der Waals surface area contributed by atoms with Gasteiger partial charge in [-0.15, -0.1) is 0 Å². The monoisotopic (exact) mass is 134 g/mol. The second-order valence-electron chi connectivity index (χ2n) is 1.84. The molecule has 0 heterocycles. The molecule has 1 N–H and O–H groups in total. The van der Waals surface area contributed by atoms with Gasteiger partial charge in [0.1, 0.15) is 6.29 Å². The van der Waals surface area contributed by atoms with E-state index in [1.807, 2.05) is 12.1 Å². The number of rotatable bonds is 3. The Hall–Kier alpha value is -1.31. The summed E-state index contributed by atoms with van der Waals surface area (Å²) in [6.45, 7) is 0.365. The zero-order valence-corrected chi connectivity index (χ0v) is 5.50. The van der Waals surface area contributed by atoms with Crippen LogP contribution in [0.1, 0.15) is 0 Å². The molecule has 2 heteroatoms. The van der Waals surface area contributed by atoms with Gasteiger partial charge in [0.15, 0.2) is 0 Å². The Balaban J connectivity index is 2.50. The fourth-order valence-electron chi connectivity index (χ4n) is 0.664. The molecular weight excluding hydrogens is 126 g/mol. The number of carbonyl (C=O) groups excluding carboxylic acids is 1. The van der Waals surface area contributed by atoms with Crippen LogP contribution in [0.2, 0.25) is 0 Å². The van der Waals surface area contributed by atoms with Crippen LogP contribution in [0.3, 0.4) is 0 Å². The van der Waals surface area contributed by atoms with Crippen molar-refractivity contribution in [2.75, 3.05) is 11.9 Å². The molecule has 1 aromatic carbocycles.